The van der Waals surface area contributed by atoms with Gasteiger partial charge >= 0.3 is 0 Å². The summed E-state index contributed by atoms with van der Waals surface area (Å²) < 4.78 is 0. The smallest absolute Gasteiger partial charge is 0.0366 e. The van der Waals surface area contributed by atoms with E-state index in [2.05, 4.69) is 6.92 Å². The highest BCUT2D eigenvalue weighted by molar-refractivity contribution is 6.20. The van der Waals surface area contributed by atoms with E-state index in [1.807, 2.05) is 0 Å². The first-order valence-corrected chi connectivity index (χ1v) is 6.35. The molecule has 0 spiro atoms. The molecule has 1 heteroatoms. The van der Waals surface area contributed by atoms with Gasteiger partial charge in [-0.3, -0.25) is 0 Å². The Morgan fingerprint density at radius 3 is 2.15 bits per heavy atom. The van der Waals surface area contributed by atoms with Crippen molar-refractivity contribution in [3.63, 3.8) is 0 Å². The average Bonchev–Trinajstić information content (AvgIpc) is 2.53. The molecule has 13 heavy (non-hydrogen) atoms. The molecule has 0 saturated heterocycles. The lowest BCUT2D eigenvalue weighted by molar-refractivity contribution is 0.216. The van der Waals surface area contributed by atoms with Crippen molar-refractivity contribution >= 4 is 11.6 Å². The zero-order valence-corrected chi connectivity index (χ0v) is 9.39. The maximum atomic E-state index is 6.35. The van der Waals surface area contributed by atoms with Crippen molar-refractivity contribution in [2.75, 3.05) is 0 Å². The molecular weight excluding hydrogens is 180 g/mol. The van der Waals surface area contributed by atoms with Crippen LogP contribution in [0.25, 0.3) is 0 Å². The van der Waals surface area contributed by atoms with Gasteiger partial charge in [-0.25, -0.2) is 0 Å². The third kappa shape index (κ3) is 2.21. The summed E-state index contributed by atoms with van der Waals surface area (Å²) in [6, 6.07) is 0. The van der Waals surface area contributed by atoms with Crippen molar-refractivity contribution in [1.29, 1.82) is 0 Å². The van der Waals surface area contributed by atoms with E-state index >= 15 is 0 Å². The Morgan fingerprint density at radius 1 is 0.923 bits per heavy atom. The Bertz CT molecular complexity index is 159. The van der Waals surface area contributed by atoms with Crippen LogP contribution < -0.4 is 0 Å². The van der Waals surface area contributed by atoms with Crippen LogP contribution in [0.5, 0.6) is 0 Å². The third-order valence-corrected chi connectivity index (χ3v) is 4.69. The SMILES string of the molecule is CC1CCC(C2CCCC2Cl)CC1. The van der Waals surface area contributed by atoms with Crippen LogP contribution in [0.4, 0.5) is 0 Å². The molecule has 0 aromatic carbocycles. The molecule has 2 rings (SSSR count). The lowest BCUT2D eigenvalue weighted by atomic mass is 9.76. The second-order valence-electron chi connectivity index (χ2n) is 5.13. The van der Waals surface area contributed by atoms with Crippen LogP contribution in [-0.4, -0.2) is 5.38 Å². The van der Waals surface area contributed by atoms with E-state index in [1.54, 1.807) is 0 Å². The molecule has 0 nitrogen and oxygen atoms in total. The third-order valence-electron chi connectivity index (χ3n) is 4.15. The van der Waals surface area contributed by atoms with Gasteiger partial charge in [0, 0.05) is 5.38 Å². The molecule has 2 unspecified atom stereocenters. The van der Waals surface area contributed by atoms with E-state index in [4.69, 9.17) is 11.6 Å². The molecule has 2 fully saturated rings. The van der Waals surface area contributed by atoms with Crippen molar-refractivity contribution in [3.05, 3.63) is 0 Å². The highest BCUT2D eigenvalue weighted by Crippen LogP contribution is 2.42. The van der Waals surface area contributed by atoms with E-state index in [-0.39, 0.29) is 0 Å². The van der Waals surface area contributed by atoms with Crippen molar-refractivity contribution in [2.24, 2.45) is 17.8 Å². The molecule has 0 bridgehead atoms. The molecule has 2 aliphatic carbocycles. The topological polar surface area (TPSA) is 0 Å². The van der Waals surface area contributed by atoms with Crippen LogP contribution in [0, 0.1) is 17.8 Å². The molecule has 0 aromatic heterocycles. The van der Waals surface area contributed by atoms with Gasteiger partial charge in [0.05, 0.1) is 0 Å². The molecule has 2 atom stereocenters. The van der Waals surface area contributed by atoms with Gasteiger partial charge in [-0.05, 0) is 43.4 Å². The minimum atomic E-state index is 0.512. The highest BCUT2D eigenvalue weighted by atomic mass is 35.5. The Morgan fingerprint density at radius 2 is 1.62 bits per heavy atom. The Kier molecular flexibility index (Phi) is 3.18. The van der Waals surface area contributed by atoms with Crippen LogP contribution in [-0.2, 0) is 0 Å². The molecule has 0 amide bonds. The van der Waals surface area contributed by atoms with E-state index in [0.717, 1.165) is 17.8 Å². The summed E-state index contributed by atoms with van der Waals surface area (Å²) in [6.45, 7) is 2.39. The first-order chi connectivity index (χ1) is 6.27. The maximum Gasteiger partial charge on any atom is 0.0366 e. The predicted octanol–water partition coefficient (Wildman–Crippen LogP) is 4.22. The van der Waals surface area contributed by atoms with Crippen LogP contribution in [0.15, 0.2) is 0 Å². The van der Waals surface area contributed by atoms with Crippen molar-refractivity contribution in [2.45, 2.75) is 57.2 Å². The van der Waals surface area contributed by atoms with Gasteiger partial charge in [0.25, 0.3) is 0 Å². The molecular formula is C12H21Cl. The van der Waals surface area contributed by atoms with Crippen LogP contribution in [0.3, 0.4) is 0 Å². The fraction of sp³-hybridized carbons (Fsp3) is 1.00. The van der Waals surface area contributed by atoms with Crippen molar-refractivity contribution in [3.8, 4) is 0 Å². The van der Waals surface area contributed by atoms with Crippen LogP contribution in [0.1, 0.15) is 51.9 Å². The first kappa shape index (κ1) is 9.83. The monoisotopic (exact) mass is 200 g/mol. The number of hydrogen-bond donors (Lipinski definition) is 0. The molecule has 0 N–H and O–H groups in total. The average molecular weight is 201 g/mol. The van der Waals surface area contributed by atoms with Crippen molar-refractivity contribution in [1.82, 2.24) is 0 Å². The Hall–Kier alpha value is 0.290. The molecule has 0 heterocycles. The fourth-order valence-electron chi connectivity index (χ4n) is 3.19. The molecule has 2 aliphatic rings. The van der Waals surface area contributed by atoms with Gasteiger partial charge in [-0.1, -0.05) is 26.2 Å². The van der Waals surface area contributed by atoms with Gasteiger partial charge in [0.15, 0.2) is 0 Å². The maximum absolute atomic E-state index is 6.35. The van der Waals surface area contributed by atoms with Gasteiger partial charge in [0.2, 0.25) is 0 Å². The molecule has 76 valence electrons. The van der Waals surface area contributed by atoms with E-state index in [0.29, 0.717) is 5.38 Å². The Balaban J connectivity index is 1.86. The second kappa shape index (κ2) is 4.21. The second-order valence-corrected chi connectivity index (χ2v) is 5.69. The number of hydrogen-bond acceptors (Lipinski definition) is 0. The molecule has 0 aromatic rings. The quantitative estimate of drug-likeness (QED) is 0.556. The molecule has 0 aliphatic heterocycles. The number of halogens is 1. The summed E-state index contributed by atoms with van der Waals surface area (Å²) in [5.41, 5.74) is 0. The van der Waals surface area contributed by atoms with Crippen molar-refractivity contribution < 1.29 is 0 Å². The minimum absolute atomic E-state index is 0.512. The van der Waals surface area contributed by atoms with Crippen LogP contribution in [0.2, 0.25) is 0 Å². The van der Waals surface area contributed by atoms with Gasteiger partial charge in [-0.2, -0.15) is 0 Å². The van der Waals surface area contributed by atoms with Gasteiger partial charge in [0.1, 0.15) is 0 Å². The number of rotatable bonds is 1. The zero-order chi connectivity index (χ0) is 9.26. The standard InChI is InChI=1S/C12H21Cl/c1-9-5-7-10(8-6-9)11-3-2-4-12(11)13/h9-12H,2-8H2,1H3. The number of alkyl halides is 1. The zero-order valence-electron chi connectivity index (χ0n) is 8.64. The summed E-state index contributed by atoms with van der Waals surface area (Å²) in [4.78, 5) is 0. The van der Waals surface area contributed by atoms with Gasteiger partial charge in [-0.15, -0.1) is 11.6 Å². The fourth-order valence-corrected chi connectivity index (χ4v) is 3.67. The lowest BCUT2D eigenvalue weighted by Crippen LogP contribution is -2.23. The van der Waals surface area contributed by atoms with Crippen LogP contribution >= 0.6 is 11.6 Å². The molecule has 0 radical (unpaired) electrons. The summed E-state index contributed by atoms with van der Waals surface area (Å²) in [5, 5.41) is 0.512. The predicted molar refractivity (Wildman–Crippen MR) is 58.1 cm³/mol. The van der Waals surface area contributed by atoms with E-state index in [1.165, 1.54) is 44.9 Å². The summed E-state index contributed by atoms with van der Waals surface area (Å²) in [7, 11) is 0. The molecule has 2 saturated carbocycles. The largest absolute Gasteiger partial charge is 0.123 e. The first-order valence-electron chi connectivity index (χ1n) is 5.91. The van der Waals surface area contributed by atoms with E-state index in [9.17, 15) is 0 Å². The lowest BCUT2D eigenvalue weighted by Gasteiger charge is -2.32. The summed E-state index contributed by atoms with van der Waals surface area (Å²) in [6.07, 6.45) is 9.87. The summed E-state index contributed by atoms with van der Waals surface area (Å²) in [5.74, 6) is 2.82. The minimum Gasteiger partial charge on any atom is -0.123 e. The van der Waals surface area contributed by atoms with Gasteiger partial charge < -0.3 is 0 Å². The highest BCUT2D eigenvalue weighted by Gasteiger charge is 2.33. The summed E-state index contributed by atoms with van der Waals surface area (Å²) >= 11 is 6.35. The normalized spacial score (nSPS) is 46.6. The van der Waals surface area contributed by atoms with E-state index < -0.39 is 0 Å². The Labute approximate surface area is 87.0 Å².